The fourth-order valence-electron chi connectivity index (χ4n) is 17.8. The summed E-state index contributed by atoms with van der Waals surface area (Å²) in [6, 6.07) is 0. The smallest absolute Gasteiger partial charge is 0.116 e. The Balaban J connectivity index is 0.852. The van der Waals surface area contributed by atoms with E-state index in [1.807, 2.05) is 0 Å². The SMILES string of the molecule is CC(C)CCCC(C)[C@H]1CCC2C3CC=C4C[C@@H](O[P+](=O)O[C@@H]5CCC6=CCC7C(CC[C@@]8(C)C7CC[C@@H]8C(C)CCCC(C)C)[C@@]6(C)C5)CC[C@]4(C)C3CC[C@@]21C. The summed E-state index contributed by atoms with van der Waals surface area (Å²) in [6.45, 7) is 25.4. The van der Waals surface area contributed by atoms with E-state index in [9.17, 15) is 4.57 Å². The summed E-state index contributed by atoms with van der Waals surface area (Å²) in [5.41, 5.74) is 4.84. The molecule has 0 amide bonds. The molecule has 0 aromatic carbocycles. The zero-order valence-electron chi connectivity index (χ0n) is 39.5. The minimum Gasteiger partial charge on any atom is -0.116 e. The van der Waals surface area contributed by atoms with Crippen LogP contribution in [0.25, 0.3) is 0 Å². The van der Waals surface area contributed by atoms with Crippen LogP contribution in [0.4, 0.5) is 0 Å². The van der Waals surface area contributed by atoms with Crippen molar-refractivity contribution in [2.75, 3.05) is 0 Å². The highest BCUT2D eigenvalue weighted by Crippen LogP contribution is 2.69. The first-order valence-electron chi connectivity index (χ1n) is 25.8. The first-order valence-corrected chi connectivity index (χ1v) is 26.9. The van der Waals surface area contributed by atoms with Gasteiger partial charge in [0, 0.05) is 11.0 Å². The second-order valence-electron chi connectivity index (χ2n) is 24.7. The third kappa shape index (κ3) is 8.01. The second kappa shape index (κ2) is 17.2. The van der Waals surface area contributed by atoms with E-state index < -0.39 is 8.25 Å². The molecule has 8 rings (SSSR count). The number of rotatable bonds is 14. The predicted octanol–water partition coefficient (Wildman–Crippen LogP) is 16.5. The van der Waals surface area contributed by atoms with Gasteiger partial charge in [-0.2, -0.15) is 0 Å². The average molecular weight is 818 g/mol. The summed E-state index contributed by atoms with van der Waals surface area (Å²) >= 11 is 0. The second-order valence-corrected chi connectivity index (χ2v) is 25.6. The minimum absolute atomic E-state index is 0.0312. The molecule has 0 aromatic rings. The van der Waals surface area contributed by atoms with Gasteiger partial charge < -0.3 is 0 Å². The molecule has 0 spiro atoms. The van der Waals surface area contributed by atoms with Gasteiger partial charge in [0.2, 0.25) is 0 Å². The molecule has 6 fully saturated rings. The largest absolute Gasteiger partial charge is 0.697 e. The molecule has 0 N–H and O–H groups in total. The molecular formula is C54H90O3P+. The van der Waals surface area contributed by atoms with Gasteiger partial charge in [0.15, 0.2) is 0 Å². The van der Waals surface area contributed by atoms with Gasteiger partial charge in [-0.05, 0) is 189 Å². The van der Waals surface area contributed by atoms with Gasteiger partial charge in [-0.15, -0.1) is 9.05 Å². The Morgan fingerprint density at radius 2 is 1.10 bits per heavy atom. The Kier molecular flexibility index (Phi) is 13.1. The highest BCUT2D eigenvalue weighted by molar-refractivity contribution is 7.33. The van der Waals surface area contributed by atoms with Crippen molar-refractivity contribution in [2.45, 2.75) is 223 Å². The summed E-state index contributed by atoms with van der Waals surface area (Å²) in [6.07, 6.45) is 34.1. The molecule has 3 nitrogen and oxygen atoms in total. The maximum Gasteiger partial charge on any atom is 0.697 e. The predicted molar refractivity (Wildman–Crippen MR) is 243 cm³/mol. The Morgan fingerprint density at radius 1 is 0.586 bits per heavy atom. The third-order valence-electron chi connectivity index (χ3n) is 20.9. The first kappa shape index (κ1) is 44.1. The zero-order valence-corrected chi connectivity index (χ0v) is 40.4. The van der Waals surface area contributed by atoms with Gasteiger partial charge >= 0.3 is 8.25 Å². The number of fused-ring (bicyclic) bond motifs is 10. The van der Waals surface area contributed by atoms with Crippen LogP contribution in [-0.2, 0) is 13.6 Å². The summed E-state index contributed by atoms with van der Waals surface area (Å²) in [5, 5.41) is 0. The fraction of sp³-hybridized carbons (Fsp3) is 0.926. The first-order chi connectivity index (χ1) is 27.6. The van der Waals surface area contributed by atoms with Gasteiger partial charge in [-0.25, -0.2) is 0 Å². The molecule has 9 unspecified atom stereocenters. The van der Waals surface area contributed by atoms with E-state index in [1.54, 1.807) is 11.1 Å². The fourth-order valence-corrected chi connectivity index (χ4v) is 18.7. The molecule has 4 heteroatoms. The van der Waals surface area contributed by atoms with Crippen molar-refractivity contribution in [3.8, 4) is 0 Å². The lowest BCUT2D eigenvalue weighted by molar-refractivity contribution is -0.0634. The number of allylic oxidation sites excluding steroid dienone is 3. The van der Waals surface area contributed by atoms with Crippen LogP contribution in [0.15, 0.2) is 23.3 Å². The molecule has 8 aliphatic rings. The summed E-state index contributed by atoms with van der Waals surface area (Å²) < 4.78 is 26.8. The van der Waals surface area contributed by atoms with Gasteiger partial charge in [0.25, 0.3) is 0 Å². The number of hydrogen-bond acceptors (Lipinski definition) is 3. The van der Waals surface area contributed by atoms with Gasteiger partial charge in [0.05, 0.1) is 0 Å². The Morgan fingerprint density at radius 3 is 1.66 bits per heavy atom. The molecule has 328 valence electrons. The molecule has 0 bridgehead atoms. The summed E-state index contributed by atoms with van der Waals surface area (Å²) in [5.74, 6) is 10.1. The third-order valence-corrected chi connectivity index (χ3v) is 21.9. The van der Waals surface area contributed by atoms with Crippen LogP contribution in [-0.4, -0.2) is 12.2 Å². The quantitative estimate of drug-likeness (QED) is 0.129. The highest BCUT2D eigenvalue weighted by Gasteiger charge is 2.61. The summed E-state index contributed by atoms with van der Waals surface area (Å²) in [7, 11) is -2.12. The van der Waals surface area contributed by atoms with E-state index in [0.29, 0.717) is 10.8 Å². The van der Waals surface area contributed by atoms with Crippen LogP contribution in [0.5, 0.6) is 0 Å². The highest BCUT2D eigenvalue weighted by atomic mass is 31.1. The van der Waals surface area contributed by atoms with E-state index in [-0.39, 0.29) is 23.0 Å². The van der Waals surface area contributed by atoms with Crippen molar-refractivity contribution < 1.29 is 13.6 Å². The van der Waals surface area contributed by atoms with E-state index in [0.717, 1.165) is 103 Å². The molecule has 0 aromatic heterocycles. The molecule has 0 radical (unpaired) electrons. The standard InChI is InChI=1S/C54H90O3P/c1-35(2)13-11-15-37(5)45-23-25-47-43-22-19-40-33-41(27-30-51(40,7)49(43)28-31-52(45,47)8)56-58(55)57-42-20-17-39-18-21-44-48-26-24-46(38(6)16-12-14-36(3)4)53(48,9)32-29-50(44)54(39,10)34-42/h18-19,35-38,41-50H,11-17,20-34H2,1-10H3/q+1/t37?,38?,41-,42+,43?,44?,45+,46+,47?,48?,49?,50?,51-,52+,53+,54-/m0/s1. The molecule has 6 saturated carbocycles. The lowest BCUT2D eigenvalue weighted by Crippen LogP contribution is -2.51. The van der Waals surface area contributed by atoms with Crippen LogP contribution in [0.1, 0.15) is 210 Å². The van der Waals surface area contributed by atoms with Gasteiger partial charge in [-0.3, -0.25) is 0 Å². The topological polar surface area (TPSA) is 35.5 Å². The van der Waals surface area contributed by atoms with E-state index in [1.165, 1.54) is 109 Å². The van der Waals surface area contributed by atoms with Crippen LogP contribution in [0, 0.1) is 92.7 Å². The molecular weight excluding hydrogens is 728 g/mol. The van der Waals surface area contributed by atoms with Crippen molar-refractivity contribution in [3.63, 3.8) is 0 Å². The normalized spacial score (nSPS) is 45.9. The van der Waals surface area contributed by atoms with Crippen molar-refractivity contribution in [2.24, 2.45) is 92.7 Å². The zero-order chi connectivity index (χ0) is 41.2. The maximum atomic E-state index is 13.8. The molecule has 0 saturated heterocycles. The monoisotopic (exact) mass is 818 g/mol. The van der Waals surface area contributed by atoms with Gasteiger partial charge in [0.1, 0.15) is 12.2 Å². The van der Waals surface area contributed by atoms with Crippen molar-refractivity contribution in [1.29, 1.82) is 0 Å². The number of hydrogen-bond donors (Lipinski definition) is 0. The molecule has 0 heterocycles. The van der Waals surface area contributed by atoms with Crippen molar-refractivity contribution >= 4 is 8.25 Å². The Hall–Kier alpha value is -0.500. The van der Waals surface area contributed by atoms with Crippen molar-refractivity contribution in [3.05, 3.63) is 23.3 Å². The van der Waals surface area contributed by atoms with Crippen molar-refractivity contribution in [1.82, 2.24) is 0 Å². The van der Waals surface area contributed by atoms with E-state index >= 15 is 0 Å². The van der Waals surface area contributed by atoms with Gasteiger partial charge in [-0.1, -0.05) is 131 Å². The molecule has 8 aliphatic carbocycles. The van der Waals surface area contributed by atoms with Crippen LogP contribution in [0.3, 0.4) is 0 Å². The van der Waals surface area contributed by atoms with Crippen LogP contribution in [0.2, 0.25) is 0 Å². The molecule has 17 atom stereocenters. The minimum atomic E-state index is -2.12. The Labute approximate surface area is 359 Å². The molecule has 58 heavy (non-hydrogen) atoms. The van der Waals surface area contributed by atoms with Crippen LogP contribution < -0.4 is 0 Å². The summed E-state index contributed by atoms with van der Waals surface area (Å²) in [4.78, 5) is 0. The van der Waals surface area contributed by atoms with E-state index in [2.05, 4.69) is 81.4 Å². The molecule has 0 aliphatic heterocycles. The maximum absolute atomic E-state index is 13.8. The lowest BCUT2D eigenvalue weighted by atomic mass is 9.47. The lowest BCUT2D eigenvalue weighted by Gasteiger charge is -2.58. The average Bonchev–Trinajstić information content (AvgIpc) is 3.71. The van der Waals surface area contributed by atoms with E-state index in [4.69, 9.17) is 9.05 Å². The van der Waals surface area contributed by atoms with Crippen LogP contribution >= 0.6 is 8.25 Å². The Bertz CT molecular complexity index is 1530.